The maximum Gasteiger partial charge on any atom is 0.292 e. The molecule has 31 heavy (non-hydrogen) atoms. The van der Waals surface area contributed by atoms with Crippen molar-refractivity contribution >= 4 is 11.7 Å². The van der Waals surface area contributed by atoms with E-state index >= 15 is 0 Å². The van der Waals surface area contributed by atoms with Crippen LogP contribution < -0.4 is 5.32 Å². The Morgan fingerprint density at radius 3 is 2.16 bits per heavy atom. The van der Waals surface area contributed by atoms with E-state index in [1.54, 1.807) is 11.6 Å². The van der Waals surface area contributed by atoms with Crippen molar-refractivity contribution in [2.45, 2.75) is 40.8 Å². The average molecular weight is 419 g/mol. The average Bonchev–Trinajstić information content (AvgIpc) is 3.10. The zero-order chi connectivity index (χ0) is 22.4. The number of amides is 1. The van der Waals surface area contributed by atoms with Crippen LogP contribution in [0.2, 0.25) is 0 Å². The molecule has 162 valence electrons. The summed E-state index contributed by atoms with van der Waals surface area (Å²) in [5.41, 5.74) is 4.60. The molecule has 1 amide bonds. The lowest BCUT2D eigenvalue weighted by molar-refractivity contribution is -0.117. The summed E-state index contributed by atoms with van der Waals surface area (Å²) in [5, 5.41) is 7.21. The Bertz CT molecular complexity index is 1040. The predicted octanol–water partition coefficient (Wildman–Crippen LogP) is 3.83. The summed E-state index contributed by atoms with van der Waals surface area (Å²) >= 11 is 0. The molecule has 0 aliphatic heterocycles. The molecule has 6 nitrogen and oxygen atoms in total. The first-order valence-corrected chi connectivity index (χ1v) is 10.7. The summed E-state index contributed by atoms with van der Waals surface area (Å²) in [4.78, 5) is 27.7. The number of ketones is 1. The van der Waals surface area contributed by atoms with E-state index in [-0.39, 0.29) is 0 Å². The highest BCUT2D eigenvalue weighted by atomic mass is 16.2. The highest BCUT2D eigenvalue weighted by molar-refractivity contribution is 6.43. The lowest BCUT2D eigenvalue weighted by Crippen LogP contribution is -2.31. The Kier molecular flexibility index (Phi) is 7.36. The second-order valence-corrected chi connectivity index (χ2v) is 7.58. The molecule has 0 spiro atoms. The predicted molar refractivity (Wildman–Crippen MR) is 122 cm³/mol. The fourth-order valence-corrected chi connectivity index (χ4v) is 3.64. The molecule has 0 bridgehead atoms. The summed E-state index contributed by atoms with van der Waals surface area (Å²) in [6, 6.07) is 17.7. The second-order valence-electron chi connectivity index (χ2n) is 7.58. The van der Waals surface area contributed by atoms with E-state index in [1.807, 2.05) is 49.4 Å². The first-order valence-electron chi connectivity index (χ1n) is 10.7. The van der Waals surface area contributed by atoms with E-state index in [0.29, 0.717) is 23.5 Å². The van der Waals surface area contributed by atoms with E-state index in [4.69, 9.17) is 0 Å². The van der Waals surface area contributed by atoms with Crippen molar-refractivity contribution in [3.05, 3.63) is 82.7 Å². The van der Waals surface area contributed by atoms with Gasteiger partial charge in [-0.2, -0.15) is 5.10 Å². The molecular formula is C25H30N4O2. The van der Waals surface area contributed by atoms with Crippen LogP contribution in [-0.4, -0.2) is 39.5 Å². The van der Waals surface area contributed by atoms with Crippen molar-refractivity contribution in [3.8, 4) is 5.69 Å². The van der Waals surface area contributed by atoms with Gasteiger partial charge in [0.05, 0.1) is 22.6 Å². The van der Waals surface area contributed by atoms with E-state index in [0.717, 1.165) is 30.9 Å². The van der Waals surface area contributed by atoms with Crippen LogP contribution >= 0.6 is 0 Å². The number of carbonyl (C=O) groups is 2. The van der Waals surface area contributed by atoms with Crippen LogP contribution in [0.5, 0.6) is 0 Å². The van der Waals surface area contributed by atoms with Crippen molar-refractivity contribution < 1.29 is 9.59 Å². The van der Waals surface area contributed by atoms with Crippen LogP contribution in [-0.2, 0) is 17.9 Å². The Morgan fingerprint density at radius 1 is 0.935 bits per heavy atom. The Labute approximate surface area is 183 Å². The SMILES string of the molecule is CCN(CC)Cc1ccc(CNC(=O)C(=O)c2c(C)nn(-c3ccccc3)c2C)cc1. The maximum atomic E-state index is 12.8. The lowest BCUT2D eigenvalue weighted by atomic mass is 10.1. The number of nitrogens with zero attached hydrogens (tertiary/aromatic N) is 3. The molecule has 3 rings (SSSR count). The molecule has 0 fully saturated rings. The summed E-state index contributed by atoms with van der Waals surface area (Å²) < 4.78 is 1.70. The quantitative estimate of drug-likeness (QED) is 0.424. The van der Waals surface area contributed by atoms with Crippen LogP contribution in [0.25, 0.3) is 5.69 Å². The summed E-state index contributed by atoms with van der Waals surface area (Å²) in [6.45, 7) is 11.1. The third kappa shape index (κ3) is 5.27. The molecular weight excluding hydrogens is 388 g/mol. The second kappa shape index (κ2) is 10.2. The van der Waals surface area contributed by atoms with Gasteiger partial charge in [0.15, 0.2) is 0 Å². The van der Waals surface area contributed by atoms with Gasteiger partial charge in [-0.15, -0.1) is 0 Å². The minimum atomic E-state index is -0.619. The van der Waals surface area contributed by atoms with Gasteiger partial charge >= 0.3 is 0 Å². The molecule has 0 radical (unpaired) electrons. The van der Waals surface area contributed by atoms with Crippen molar-refractivity contribution in [3.63, 3.8) is 0 Å². The summed E-state index contributed by atoms with van der Waals surface area (Å²) in [7, 11) is 0. The number of carbonyl (C=O) groups excluding carboxylic acids is 2. The topological polar surface area (TPSA) is 67.2 Å². The number of benzene rings is 2. The summed E-state index contributed by atoms with van der Waals surface area (Å²) in [6.07, 6.45) is 0. The maximum absolute atomic E-state index is 12.8. The molecule has 1 heterocycles. The van der Waals surface area contributed by atoms with Crippen LogP contribution in [0.1, 0.15) is 46.7 Å². The molecule has 0 saturated heterocycles. The number of para-hydroxylation sites is 1. The largest absolute Gasteiger partial charge is 0.345 e. The highest BCUT2D eigenvalue weighted by Crippen LogP contribution is 2.18. The van der Waals surface area contributed by atoms with Gasteiger partial charge in [-0.3, -0.25) is 14.5 Å². The Morgan fingerprint density at radius 2 is 1.55 bits per heavy atom. The number of aryl methyl sites for hydroxylation is 1. The number of rotatable bonds is 9. The van der Waals surface area contributed by atoms with Gasteiger partial charge in [0.2, 0.25) is 0 Å². The molecule has 2 aromatic carbocycles. The number of hydrogen-bond donors (Lipinski definition) is 1. The molecule has 1 aromatic heterocycles. The van der Waals surface area contributed by atoms with Gasteiger partial charge in [-0.05, 0) is 50.2 Å². The van der Waals surface area contributed by atoms with Gasteiger partial charge in [0, 0.05) is 13.1 Å². The van der Waals surface area contributed by atoms with E-state index in [1.165, 1.54) is 5.56 Å². The fraction of sp³-hybridized carbons (Fsp3) is 0.320. The van der Waals surface area contributed by atoms with Crippen molar-refractivity contribution in [2.24, 2.45) is 0 Å². The third-order valence-corrected chi connectivity index (χ3v) is 5.50. The fourth-order valence-electron chi connectivity index (χ4n) is 3.64. The number of hydrogen-bond acceptors (Lipinski definition) is 4. The van der Waals surface area contributed by atoms with Crippen LogP contribution in [0.3, 0.4) is 0 Å². The zero-order valence-corrected chi connectivity index (χ0v) is 18.7. The number of aromatic nitrogens is 2. The Hall–Kier alpha value is -3.25. The van der Waals surface area contributed by atoms with Crippen LogP contribution in [0.4, 0.5) is 0 Å². The van der Waals surface area contributed by atoms with Crippen molar-refractivity contribution in [1.82, 2.24) is 20.0 Å². The monoisotopic (exact) mass is 418 g/mol. The smallest absolute Gasteiger partial charge is 0.292 e. The summed E-state index contributed by atoms with van der Waals surface area (Å²) in [5.74, 6) is -1.18. The highest BCUT2D eigenvalue weighted by Gasteiger charge is 2.24. The molecule has 0 aliphatic rings. The first-order chi connectivity index (χ1) is 14.9. The molecule has 0 unspecified atom stereocenters. The van der Waals surface area contributed by atoms with E-state index in [9.17, 15) is 9.59 Å². The van der Waals surface area contributed by atoms with E-state index in [2.05, 4.69) is 41.3 Å². The number of nitrogens with one attached hydrogen (secondary N) is 1. The molecule has 0 atom stereocenters. The molecule has 6 heteroatoms. The zero-order valence-electron chi connectivity index (χ0n) is 18.7. The lowest BCUT2D eigenvalue weighted by Gasteiger charge is -2.18. The van der Waals surface area contributed by atoms with Crippen molar-refractivity contribution in [1.29, 1.82) is 0 Å². The standard InChI is InChI=1S/C25H30N4O2/c1-5-28(6-2)17-21-14-12-20(13-15-21)16-26-25(31)24(30)23-18(3)27-29(19(23)4)22-10-8-7-9-11-22/h7-15H,5-6,16-17H2,1-4H3,(H,26,31). The number of Topliss-reactive ketones (excluding diaryl/α,β-unsaturated/α-hetero) is 1. The van der Waals surface area contributed by atoms with Gasteiger partial charge in [-0.25, -0.2) is 4.68 Å². The molecule has 3 aromatic rings. The minimum absolute atomic E-state index is 0.307. The van der Waals surface area contributed by atoms with Crippen LogP contribution in [0, 0.1) is 13.8 Å². The third-order valence-electron chi connectivity index (χ3n) is 5.50. The van der Waals surface area contributed by atoms with Crippen LogP contribution in [0.15, 0.2) is 54.6 Å². The minimum Gasteiger partial charge on any atom is -0.345 e. The van der Waals surface area contributed by atoms with Gasteiger partial charge in [0.25, 0.3) is 11.7 Å². The van der Waals surface area contributed by atoms with E-state index < -0.39 is 11.7 Å². The normalized spacial score (nSPS) is 11.0. The molecule has 0 aliphatic carbocycles. The molecule has 0 saturated carbocycles. The van der Waals surface area contributed by atoms with Gasteiger partial charge in [-0.1, -0.05) is 56.3 Å². The van der Waals surface area contributed by atoms with Gasteiger partial charge in [0.1, 0.15) is 0 Å². The van der Waals surface area contributed by atoms with Crippen molar-refractivity contribution in [2.75, 3.05) is 13.1 Å². The van der Waals surface area contributed by atoms with Gasteiger partial charge < -0.3 is 5.32 Å². The first kappa shape index (κ1) is 22.4. The Balaban J connectivity index is 1.65. The molecule has 1 N–H and O–H groups in total.